The smallest absolute Gasteiger partial charge is 0.153 e. The lowest BCUT2D eigenvalue weighted by Gasteiger charge is -2.12. The molecule has 0 aliphatic carbocycles. The van der Waals surface area contributed by atoms with Crippen molar-refractivity contribution in [3.05, 3.63) is 47.0 Å². The standard InChI is InChI=1S/C15H19ClN2O2/c1-6-14(20-10(2)3)13(16)7-11(4)15-12(9-19)8-17-18(15)5/h6-10H,1H2,2-5H3/b11-7+,14-13-. The largest absolute Gasteiger partial charge is 0.489 e. The molecule has 5 heteroatoms. The summed E-state index contributed by atoms with van der Waals surface area (Å²) < 4.78 is 7.19. The first-order chi connectivity index (χ1) is 9.40. The third-order valence-corrected chi connectivity index (χ3v) is 2.89. The van der Waals surface area contributed by atoms with E-state index in [0.717, 1.165) is 17.6 Å². The van der Waals surface area contributed by atoms with Crippen LogP contribution in [0, 0.1) is 0 Å². The Morgan fingerprint density at radius 2 is 2.20 bits per heavy atom. The van der Waals surface area contributed by atoms with Gasteiger partial charge in [0.05, 0.1) is 28.6 Å². The van der Waals surface area contributed by atoms with Gasteiger partial charge in [0.25, 0.3) is 0 Å². The van der Waals surface area contributed by atoms with Gasteiger partial charge in [-0.3, -0.25) is 9.48 Å². The number of aldehydes is 1. The quantitative estimate of drug-likeness (QED) is 0.456. The number of nitrogens with zero attached hydrogens (tertiary/aromatic N) is 2. The molecule has 0 bridgehead atoms. The maximum atomic E-state index is 11.0. The molecule has 0 aliphatic heterocycles. The molecule has 0 unspecified atom stereocenters. The van der Waals surface area contributed by atoms with Crippen LogP contribution >= 0.6 is 11.6 Å². The van der Waals surface area contributed by atoms with Crippen LogP contribution in [0.4, 0.5) is 0 Å². The van der Waals surface area contributed by atoms with Gasteiger partial charge >= 0.3 is 0 Å². The van der Waals surface area contributed by atoms with Crippen LogP contribution in [-0.4, -0.2) is 22.2 Å². The fourth-order valence-corrected chi connectivity index (χ4v) is 2.09. The summed E-state index contributed by atoms with van der Waals surface area (Å²) in [7, 11) is 1.77. The van der Waals surface area contributed by atoms with E-state index in [-0.39, 0.29) is 6.10 Å². The van der Waals surface area contributed by atoms with Crippen LogP contribution in [-0.2, 0) is 11.8 Å². The van der Waals surface area contributed by atoms with E-state index in [1.165, 1.54) is 6.20 Å². The Hall–Kier alpha value is -1.81. The maximum Gasteiger partial charge on any atom is 0.153 e. The maximum absolute atomic E-state index is 11.0. The van der Waals surface area contributed by atoms with Crippen molar-refractivity contribution in [2.75, 3.05) is 0 Å². The molecule has 108 valence electrons. The van der Waals surface area contributed by atoms with Gasteiger partial charge in [-0.05, 0) is 38.5 Å². The Bertz CT molecular complexity index is 568. The minimum Gasteiger partial charge on any atom is -0.489 e. The third-order valence-electron chi connectivity index (χ3n) is 2.59. The van der Waals surface area contributed by atoms with E-state index in [1.54, 1.807) is 23.9 Å². The second kappa shape index (κ2) is 7.10. The zero-order valence-corrected chi connectivity index (χ0v) is 12.9. The molecule has 1 aromatic rings. The Morgan fingerprint density at radius 1 is 1.55 bits per heavy atom. The molecule has 0 fully saturated rings. The van der Waals surface area contributed by atoms with Gasteiger partial charge in [-0.15, -0.1) is 0 Å². The fourth-order valence-electron chi connectivity index (χ4n) is 1.81. The summed E-state index contributed by atoms with van der Waals surface area (Å²) in [6, 6.07) is 0. The number of carbonyl (C=O) groups is 1. The Labute approximate surface area is 124 Å². The highest BCUT2D eigenvalue weighted by Gasteiger charge is 2.11. The zero-order chi connectivity index (χ0) is 15.3. The van der Waals surface area contributed by atoms with Crippen LogP contribution in [0.1, 0.15) is 36.8 Å². The van der Waals surface area contributed by atoms with Gasteiger partial charge in [0.2, 0.25) is 0 Å². The van der Waals surface area contributed by atoms with Gasteiger partial charge in [0, 0.05) is 7.05 Å². The van der Waals surface area contributed by atoms with Gasteiger partial charge in [0.15, 0.2) is 6.29 Å². The fraction of sp³-hybridized carbons (Fsp3) is 0.333. The molecule has 0 atom stereocenters. The summed E-state index contributed by atoms with van der Waals surface area (Å²) in [6.45, 7) is 9.37. The third kappa shape index (κ3) is 3.84. The number of rotatable bonds is 6. The minimum absolute atomic E-state index is 0.00713. The molecule has 1 heterocycles. The summed E-state index contributed by atoms with van der Waals surface area (Å²) in [5.41, 5.74) is 2.07. The van der Waals surface area contributed by atoms with Crippen molar-refractivity contribution in [2.24, 2.45) is 7.05 Å². The lowest BCUT2D eigenvalue weighted by molar-refractivity contribution is 0.112. The minimum atomic E-state index is 0.00713. The zero-order valence-electron chi connectivity index (χ0n) is 12.2. The average molecular weight is 295 g/mol. The average Bonchev–Trinajstić information content (AvgIpc) is 2.76. The lowest BCUT2D eigenvalue weighted by atomic mass is 10.1. The highest BCUT2D eigenvalue weighted by molar-refractivity contribution is 6.32. The summed E-state index contributed by atoms with van der Waals surface area (Å²) in [5, 5.41) is 4.50. The SMILES string of the molecule is C=C/C(OC(C)C)=C(Cl)\C=C(/C)c1c(C=O)cnn1C. The lowest BCUT2D eigenvalue weighted by Crippen LogP contribution is -2.02. The summed E-state index contributed by atoms with van der Waals surface area (Å²) in [4.78, 5) is 11.0. The number of aromatic nitrogens is 2. The van der Waals surface area contributed by atoms with E-state index in [1.807, 2.05) is 20.8 Å². The van der Waals surface area contributed by atoms with Crippen LogP contribution in [0.25, 0.3) is 5.57 Å². The van der Waals surface area contributed by atoms with Crippen molar-refractivity contribution < 1.29 is 9.53 Å². The number of hydrogen-bond donors (Lipinski definition) is 0. The van der Waals surface area contributed by atoms with Crippen molar-refractivity contribution in [3.63, 3.8) is 0 Å². The second-order valence-electron chi connectivity index (χ2n) is 4.60. The molecule has 0 spiro atoms. The summed E-state index contributed by atoms with van der Waals surface area (Å²) >= 11 is 6.24. The second-order valence-corrected chi connectivity index (χ2v) is 5.01. The first-order valence-corrected chi connectivity index (χ1v) is 6.63. The van der Waals surface area contributed by atoms with Crippen LogP contribution in [0.3, 0.4) is 0 Å². The predicted octanol–water partition coefficient (Wildman–Crippen LogP) is 3.70. The molecule has 1 aromatic heterocycles. The molecule has 0 aliphatic rings. The van der Waals surface area contributed by atoms with E-state index in [2.05, 4.69) is 11.7 Å². The van der Waals surface area contributed by atoms with E-state index < -0.39 is 0 Å². The molecule has 0 amide bonds. The van der Waals surface area contributed by atoms with Crippen LogP contribution in [0.15, 0.2) is 35.7 Å². The van der Waals surface area contributed by atoms with Crippen molar-refractivity contribution in [2.45, 2.75) is 26.9 Å². The predicted molar refractivity (Wildman–Crippen MR) is 81.5 cm³/mol. The molecular formula is C15H19ClN2O2. The molecule has 0 saturated heterocycles. The molecule has 0 aromatic carbocycles. The Kier molecular flexibility index (Phi) is 5.77. The van der Waals surface area contributed by atoms with E-state index in [4.69, 9.17) is 16.3 Å². The van der Waals surface area contributed by atoms with Gasteiger partial charge in [-0.2, -0.15) is 5.10 Å². The monoisotopic (exact) mass is 294 g/mol. The first kappa shape index (κ1) is 16.2. The van der Waals surface area contributed by atoms with Gasteiger partial charge < -0.3 is 4.74 Å². The van der Waals surface area contributed by atoms with Crippen LogP contribution < -0.4 is 0 Å². The normalized spacial score (nSPS) is 13.2. The van der Waals surface area contributed by atoms with Gasteiger partial charge in [-0.1, -0.05) is 18.2 Å². The van der Waals surface area contributed by atoms with E-state index >= 15 is 0 Å². The number of ether oxygens (including phenoxy) is 1. The molecular weight excluding hydrogens is 276 g/mol. The highest BCUT2D eigenvalue weighted by Crippen LogP contribution is 2.23. The van der Waals surface area contributed by atoms with Gasteiger partial charge in [0.1, 0.15) is 5.76 Å². The van der Waals surface area contributed by atoms with Crippen LogP contribution in [0.2, 0.25) is 0 Å². The number of halogens is 1. The number of hydrogen-bond acceptors (Lipinski definition) is 3. The van der Waals surface area contributed by atoms with Crippen molar-refractivity contribution in [3.8, 4) is 0 Å². The molecule has 0 N–H and O–H groups in total. The molecule has 0 saturated carbocycles. The molecule has 20 heavy (non-hydrogen) atoms. The Balaban J connectivity index is 3.20. The van der Waals surface area contributed by atoms with Crippen molar-refractivity contribution in [1.29, 1.82) is 0 Å². The highest BCUT2D eigenvalue weighted by atomic mass is 35.5. The topological polar surface area (TPSA) is 44.1 Å². The van der Waals surface area contributed by atoms with Crippen molar-refractivity contribution >= 4 is 23.5 Å². The molecule has 4 nitrogen and oxygen atoms in total. The van der Waals surface area contributed by atoms with E-state index in [9.17, 15) is 4.79 Å². The molecule has 1 rings (SSSR count). The van der Waals surface area contributed by atoms with Crippen molar-refractivity contribution in [1.82, 2.24) is 9.78 Å². The summed E-state index contributed by atoms with van der Waals surface area (Å²) in [5.74, 6) is 0.510. The number of allylic oxidation sites excluding steroid dienone is 4. The number of carbonyl (C=O) groups excluding carboxylic acids is 1. The summed E-state index contributed by atoms with van der Waals surface area (Å²) in [6.07, 6.45) is 5.61. The first-order valence-electron chi connectivity index (χ1n) is 6.25. The van der Waals surface area contributed by atoms with E-state index in [0.29, 0.717) is 16.4 Å². The van der Waals surface area contributed by atoms with Gasteiger partial charge in [-0.25, -0.2) is 0 Å². The molecule has 0 radical (unpaired) electrons. The Morgan fingerprint density at radius 3 is 2.70 bits per heavy atom. The van der Waals surface area contributed by atoms with Crippen LogP contribution in [0.5, 0.6) is 0 Å². The number of aryl methyl sites for hydroxylation is 1.